The first kappa shape index (κ1) is 26.5. The lowest BCUT2D eigenvalue weighted by Gasteiger charge is -2.06. The zero-order valence-electron chi connectivity index (χ0n) is 21.2. The lowest BCUT2D eigenvalue weighted by molar-refractivity contribution is -0.384. The third-order valence-corrected chi connectivity index (χ3v) is 7.32. The summed E-state index contributed by atoms with van der Waals surface area (Å²) in [5.74, 6) is 0.0562. The molecule has 2 aromatic heterocycles. The van der Waals surface area contributed by atoms with Gasteiger partial charge in [-0.15, -0.1) is 0 Å². The van der Waals surface area contributed by atoms with Crippen LogP contribution in [0.4, 0.5) is 17.3 Å². The predicted octanol–water partition coefficient (Wildman–Crippen LogP) is 4.57. The SMILES string of the molecule is CCCc1[nH]n(-c2ccc([N+](=O)[O-])cc2)c(=O)c1C(C)=Nc1ccc(S(=O)(=O)Nc2onc(C)c2C)cc1. The molecule has 0 amide bonds. The summed E-state index contributed by atoms with van der Waals surface area (Å²) in [5.41, 5.74) is 3.18. The summed E-state index contributed by atoms with van der Waals surface area (Å²) >= 11 is 0. The van der Waals surface area contributed by atoms with Gasteiger partial charge >= 0.3 is 0 Å². The number of H-pyrrole nitrogens is 1. The van der Waals surface area contributed by atoms with Crippen molar-refractivity contribution in [1.82, 2.24) is 14.9 Å². The van der Waals surface area contributed by atoms with E-state index in [1.54, 1.807) is 20.8 Å². The van der Waals surface area contributed by atoms with Crippen molar-refractivity contribution in [2.45, 2.75) is 45.4 Å². The molecule has 0 radical (unpaired) electrons. The van der Waals surface area contributed by atoms with E-state index in [4.69, 9.17) is 4.52 Å². The Morgan fingerprint density at radius 2 is 1.82 bits per heavy atom. The zero-order valence-corrected chi connectivity index (χ0v) is 22.0. The molecule has 2 N–H and O–H groups in total. The molecule has 13 heteroatoms. The molecule has 0 unspecified atom stereocenters. The van der Waals surface area contributed by atoms with Crippen molar-refractivity contribution in [2.24, 2.45) is 4.99 Å². The van der Waals surface area contributed by atoms with Crippen molar-refractivity contribution >= 4 is 33.0 Å². The number of aromatic nitrogens is 3. The van der Waals surface area contributed by atoms with Crippen LogP contribution in [0.15, 0.2) is 67.7 Å². The van der Waals surface area contributed by atoms with E-state index in [2.05, 4.69) is 20.0 Å². The molecule has 0 aliphatic heterocycles. The van der Waals surface area contributed by atoms with Gasteiger partial charge in [-0.1, -0.05) is 18.5 Å². The summed E-state index contributed by atoms with van der Waals surface area (Å²) in [4.78, 5) is 28.3. The normalized spacial score (nSPS) is 12.1. The average Bonchev–Trinajstić information content (AvgIpc) is 3.37. The fourth-order valence-corrected chi connectivity index (χ4v) is 4.88. The summed E-state index contributed by atoms with van der Waals surface area (Å²) in [6.45, 7) is 7.09. The Labute approximate surface area is 218 Å². The van der Waals surface area contributed by atoms with E-state index < -0.39 is 14.9 Å². The number of non-ortho nitro benzene ring substituents is 1. The third-order valence-electron chi connectivity index (χ3n) is 5.97. The van der Waals surface area contributed by atoms with Gasteiger partial charge in [0.1, 0.15) is 0 Å². The molecule has 0 saturated heterocycles. The minimum Gasteiger partial charge on any atom is -0.337 e. The lowest BCUT2D eigenvalue weighted by Crippen LogP contribution is -2.19. The summed E-state index contributed by atoms with van der Waals surface area (Å²) in [5, 5.41) is 17.8. The van der Waals surface area contributed by atoms with Crippen molar-refractivity contribution in [3.63, 3.8) is 0 Å². The number of hydrogen-bond donors (Lipinski definition) is 2. The monoisotopic (exact) mass is 538 g/mol. The van der Waals surface area contributed by atoms with Gasteiger partial charge in [-0.2, -0.15) is 0 Å². The van der Waals surface area contributed by atoms with Crippen LogP contribution in [0.2, 0.25) is 0 Å². The number of aromatic amines is 1. The van der Waals surface area contributed by atoms with Crippen molar-refractivity contribution in [3.8, 4) is 5.69 Å². The van der Waals surface area contributed by atoms with Crippen LogP contribution >= 0.6 is 0 Å². The zero-order chi connectivity index (χ0) is 27.6. The Morgan fingerprint density at radius 3 is 2.37 bits per heavy atom. The third kappa shape index (κ3) is 5.27. The average molecular weight is 539 g/mol. The lowest BCUT2D eigenvalue weighted by atomic mass is 10.1. The molecule has 0 aliphatic carbocycles. The molecule has 2 heterocycles. The Kier molecular flexibility index (Phi) is 7.30. The highest BCUT2D eigenvalue weighted by Crippen LogP contribution is 2.24. The van der Waals surface area contributed by atoms with E-state index >= 15 is 0 Å². The number of nitrogens with zero attached hydrogens (tertiary/aromatic N) is 4. The molecule has 2 aromatic carbocycles. The van der Waals surface area contributed by atoms with Gasteiger partial charge in [0.25, 0.3) is 21.3 Å². The summed E-state index contributed by atoms with van der Waals surface area (Å²) in [7, 11) is -3.91. The van der Waals surface area contributed by atoms with E-state index in [-0.39, 0.29) is 22.0 Å². The number of hydrogen-bond acceptors (Lipinski definition) is 8. The highest BCUT2D eigenvalue weighted by Gasteiger charge is 2.20. The second-order valence-corrected chi connectivity index (χ2v) is 10.3. The molecule has 198 valence electrons. The number of sulfonamides is 1. The largest absolute Gasteiger partial charge is 0.337 e. The van der Waals surface area contributed by atoms with Gasteiger partial charge in [0.05, 0.1) is 38.2 Å². The molecule has 0 aliphatic rings. The van der Waals surface area contributed by atoms with Crippen molar-refractivity contribution in [1.29, 1.82) is 0 Å². The molecule has 0 spiro atoms. The Morgan fingerprint density at radius 1 is 1.16 bits per heavy atom. The van der Waals surface area contributed by atoms with Gasteiger partial charge in [0.15, 0.2) is 0 Å². The first-order valence-electron chi connectivity index (χ1n) is 11.7. The van der Waals surface area contributed by atoms with Crippen LogP contribution in [0.25, 0.3) is 5.69 Å². The first-order chi connectivity index (χ1) is 18.0. The molecule has 38 heavy (non-hydrogen) atoms. The minimum atomic E-state index is -3.91. The quantitative estimate of drug-likeness (QED) is 0.179. The number of aliphatic imine (C=N–C) groups is 1. The Balaban J connectivity index is 1.64. The predicted molar refractivity (Wildman–Crippen MR) is 142 cm³/mol. The number of benzene rings is 2. The van der Waals surface area contributed by atoms with Gasteiger partial charge in [-0.3, -0.25) is 25.0 Å². The summed E-state index contributed by atoms with van der Waals surface area (Å²) in [6.07, 6.45) is 1.35. The highest BCUT2D eigenvalue weighted by atomic mass is 32.2. The van der Waals surface area contributed by atoms with Crippen LogP contribution in [-0.4, -0.2) is 34.0 Å². The van der Waals surface area contributed by atoms with Crippen LogP contribution in [0.3, 0.4) is 0 Å². The highest BCUT2D eigenvalue weighted by molar-refractivity contribution is 7.92. The smallest absolute Gasteiger partial charge is 0.280 e. The first-order valence-corrected chi connectivity index (χ1v) is 13.2. The number of rotatable bonds is 9. The van der Waals surface area contributed by atoms with Gasteiger partial charge in [0.2, 0.25) is 5.88 Å². The van der Waals surface area contributed by atoms with E-state index in [0.29, 0.717) is 46.0 Å². The summed E-state index contributed by atoms with van der Waals surface area (Å²) in [6, 6.07) is 11.6. The van der Waals surface area contributed by atoms with E-state index in [0.717, 1.165) is 6.42 Å². The fraction of sp³-hybridized carbons (Fsp3) is 0.240. The molecule has 4 rings (SSSR count). The standard InChI is InChI=1S/C25H26N6O6S/c1-5-6-22-23(25(32)30(27-22)19-9-11-20(12-10-19)31(33)34)17(4)26-18-7-13-21(14-8-18)38(35,36)29-24-15(2)16(3)28-37-24/h7-14,27,29H,5-6H2,1-4H3. The van der Waals surface area contributed by atoms with Crippen molar-refractivity contribution in [3.05, 3.63) is 91.5 Å². The summed E-state index contributed by atoms with van der Waals surface area (Å²) < 4.78 is 34.3. The maximum Gasteiger partial charge on any atom is 0.280 e. The van der Waals surface area contributed by atoms with E-state index in [1.807, 2.05) is 6.92 Å². The van der Waals surface area contributed by atoms with Crippen LogP contribution in [0, 0.1) is 24.0 Å². The van der Waals surface area contributed by atoms with Crippen molar-refractivity contribution in [2.75, 3.05) is 4.72 Å². The molecular weight excluding hydrogens is 512 g/mol. The van der Waals surface area contributed by atoms with E-state index in [1.165, 1.54) is 53.2 Å². The number of anilines is 1. The van der Waals surface area contributed by atoms with Gasteiger partial charge < -0.3 is 4.52 Å². The maximum atomic E-state index is 13.3. The van der Waals surface area contributed by atoms with Crippen LogP contribution in [-0.2, 0) is 16.4 Å². The molecule has 12 nitrogen and oxygen atoms in total. The van der Waals surface area contributed by atoms with Crippen LogP contribution in [0.1, 0.15) is 42.8 Å². The fourth-order valence-electron chi connectivity index (χ4n) is 3.83. The van der Waals surface area contributed by atoms with Gasteiger partial charge in [0, 0.05) is 23.4 Å². The van der Waals surface area contributed by atoms with E-state index in [9.17, 15) is 23.3 Å². The number of nitrogens with one attached hydrogen (secondary N) is 2. The molecule has 4 aromatic rings. The molecule has 0 bridgehead atoms. The second-order valence-electron chi connectivity index (χ2n) is 8.65. The van der Waals surface area contributed by atoms with Crippen molar-refractivity contribution < 1.29 is 17.9 Å². The molecular formula is C25H26N6O6S. The number of aryl methyl sites for hydroxylation is 2. The second kappa shape index (κ2) is 10.5. The molecule has 0 saturated carbocycles. The Bertz CT molecular complexity index is 1680. The van der Waals surface area contributed by atoms with Crippen LogP contribution < -0.4 is 10.3 Å². The minimum absolute atomic E-state index is 0.0106. The topological polar surface area (TPSA) is 165 Å². The van der Waals surface area contributed by atoms with Gasteiger partial charge in [-0.25, -0.2) is 17.8 Å². The van der Waals surface area contributed by atoms with Crippen LogP contribution in [0.5, 0.6) is 0 Å². The molecule has 0 fully saturated rings. The Hall–Kier alpha value is -4.52. The number of nitro benzene ring substituents is 1. The maximum absolute atomic E-state index is 13.3. The number of nitro groups is 1. The van der Waals surface area contributed by atoms with Gasteiger partial charge in [-0.05, 0) is 63.6 Å². The molecule has 0 atom stereocenters.